The molecule has 1 saturated heterocycles. The van der Waals surface area contributed by atoms with Crippen molar-refractivity contribution < 1.29 is 4.79 Å². The van der Waals surface area contributed by atoms with Gasteiger partial charge in [-0.05, 0) is 33.8 Å². The summed E-state index contributed by atoms with van der Waals surface area (Å²) in [5, 5.41) is 15.1. The Balaban J connectivity index is 1.85. The largest absolute Gasteiger partial charge is 0.334 e. The molecule has 2 aromatic rings. The second kappa shape index (κ2) is 5.81. The van der Waals surface area contributed by atoms with Crippen molar-refractivity contribution in [3.8, 4) is 11.3 Å². The van der Waals surface area contributed by atoms with E-state index in [1.165, 1.54) is 0 Å². The van der Waals surface area contributed by atoms with Crippen LogP contribution in [0, 0.1) is 13.8 Å². The van der Waals surface area contributed by atoms with E-state index in [0.29, 0.717) is 30.9 Å². The number of aromatic amines is 1. The molecule has 1 amide bonds. The number of rotatable bonds is 2. The van der Waals surface area contributed by atoms with Crippen LogP contribution < -0.4 is 5.32 Å². The first kappa shape index (κ1) is 15.7. The molecule has 0 aliphatic carbocycles. The minimum atomic E-state index is 0.00291. The van der Waals surface area contributed by atoms with E-state index in [1.807, 2.05) is 36.5 Å². The Morgan fingerprint density at radius 2 is 1.91 bits per heavy atom. The van der Waals surface area contributed by atoms with Crippen LogP contribution >= 0.6 is 0 Å². The lowest BCUT2D eigenvalue weighted by molar-refractivity contribution is 0.0668. The second-order valence-corrected chi connectivity index (χ2v) is 6.52. The van der Waals surface area contributed by atoms with Gasteiger partial charge in [-0.15, -0.1) is 0 Å². The summed E-state index contributed by atoms with van der Waals surface area (Å²) in [5.74, 6) is 0.00291. The van der Waals surface area contributed by atoms with Crippen LogP contribution in [0.1, 0.15) is 35.7 Å². The summed E-state index contributed by atoms with van der Waals surface area (Å²) in [5.41, 5.74) is 4.25. The fourth-order valence-corrected chi connectivity index (χ4v) is 3.37. The number of carbonyl (C=O) groups is 1. The molecule has 0 radical (unpaired) electrons. The van der Waals surface area contributed by atoms with Crippen molar-refractivity contribution in [2.24, 2.45) is 7.05 Å². The topological polar surface area (TPSA) is 78.8 Å². The standard InChI is InChI=1S/C16H24N6O/c1-9-7-22(8-10(2)17-9)16(23)14-6-13(18-19-14)15-11(3)20-21(5)12(15)4/h6,9-10,17H,7-8H2,1-5H3,(H,18,19)/t9-,10-/m1/s1. The highest BCUT2D eigenvalue weighted by Gasteiger charge is 2.27. The number of H-pyrrole nitrogens is 1. The first-order valence-corrected chi connectivity index (χ1v) is 7.98. The third-order valence-corrected chi connectivity index (χ3v) is 4.42. The number of amides is 1. The maximum Gasteiger partial charge on any atom is 0.271 e. The minimum absolute atomic E-state index is 0.00291. The van der Waals surface area contributed by atoms with E-state index in [9.17, 15) is 4.79 Å². The van der Waals surface area contributed by atoms with Crippen molar-refractivity contribution in [3.05, 3.63) is 23.1 Å². The summed E-state index contributed by atoms with van der Waals surface area (Å²) < 4.78 is 1.83. The molecule has 7 heteroatoms. The van der Waals surface area contributed by atoms with Crippen LogP contribution in [0.2, 0.25) is 0 Å². The number of carbonyl (C=O) groups excluding carboxylic acids is 1. The van der Waals surface area contributed by atoms with Gasteiger partial charge in [0.1, 0.15) is 5.69 Å². The highest BCUT2D eigenvalue weighted by molar-refractivity contribution is 5.93. The zero-order valence-electron chi connectivity index (χ0n) is 14.3. The Morgan fingerprint density at radius 1 is 1.26 bits per heavy atom. The van der Waals surface area contributed by atoms with Crippen LogP contribution in [-0.2, 0) is 7.05 Å². The molecule has 0 spiro atoms. The molecule has 1 fully saturated rings. The van der Waals surface area contributed by atoms with Gasteiger partial charge in [0, 0.05) is 43.5 Å². The third kappa shape index (κ3) is 2.88. The lowest BCUT2D eigenvalue weighted by Gasteiger charge is -2.35. The molecule has 0 unspecified atom stereocenters. The van der Waals surface area contributed by atoms with E-state index < -0.39 is 0 Å². The van der Waals surface area contributed by atoms with Crippen LogP contribution in [0.5, 0.6) is 0 Å². The third-order valence-electron chi connectivity index (χ3n) is 4.42. The Morgan fingerprint density at radius 3 is 2.48 bits per heavy atom. The molecular formula is C16H24N6O. The minimum Gasteiger partial charge on any atom is -0.334 e. The summed E-state index contributed by atoms with van der Waals surface area (Å²) >= 11 is 0. The molecule has 2 N–H and O–H groups in total. The number of hydrogen-bond donors (Lipinski definition) is 2. The highest BCUT2D eigenvalue weighted by atomic mass is 16.2. The van der Waals surface area contributed by atoms with E-state index in [-0.39, 0.29) is 5.91 Å². The molecule has 0 aromatic carbocycles. The maximum absolute atomic E-state index is 12.7. The van der Waals surface area contributed by atoms with Gasteiger partial charge in [-0.1, -0.05) is 0 Å². The summed E-state index contributed by atoms with van der Waals surface area (Å²) in [6.07, 6.45) is 0. The molecule has 1 aliphatic rings. The van der Waals surface area contributed by atoms with Gasteiger partial charge in [0.15, 0.2) is 0 Å². The first-order chi connectivity index (χ1) is 10.9. The quantitative estimate of drug-likeness (QED) is 0.874. The molecule has 7 nitrogen and oxygen atoms in total. The Bertz CT molecular complexity index is 721. The van der Waals surface area contributed by atoms with E-state index in [0.717, 1.165) is 22.6 Å². The Kier molecular flexibility index (Phi) is 3.97. The number of aryl methyl sites for hydroxylation is 2. The SMILES string of the molecule is Cc1nn(C)c(C)c1-c1cc(C(=O)N2C[C@@H](C)N[C@H](C)C2)[nH]n1. The monoisotopic (exact) mass is 316 g/mol. The molecule has 3 rings (SSSR count). The molecule has 1 aliphatic heterocycles. The van der Waals surface area contributed by atoms with Crippen molar-refractivity contribution in [2.45, 2.75) is 39.8 Å². The number of nitrogens with zero attached hydrogens (tertiary/aromatic N) is 4. The predicted molar refractivity (Wildman–Crippen MR) is 88.2 cm³/mol. The molecule has 3 heterocycles. The molecule has 23 heavy (non-hydrogen) atoms. The van der Waals surface area contributed by atoms with Crippen LogP contribution in [0.4, 0.5) is 0 Å². The van der Waals surface area contributed by atoms with Crippen molar-refractivity contribution in [1.29, 1.82) is 0 Å². The number of aromatic nitrogens is 4. The van der Waals surface area contributed by atoms with E-state index in [1.54, 1.807) is 0 Å². The molecule has 2 aromatic heterocycles. The van der Waals surface area contributed by atoms with Gasteiger partial charge in [0.2, 0.25) is 0 Å². The fraction of sp³-hybridized carbons (Fsp3) is 0.562. The van der Waals surface area contributed by atoms with Crippen molar-refractivity contribution in [3.63, 3.8) is 0 Å². The van der Waals surface area contributed by atoms with Gasteiger partial charge < -0.3 is 10.2 Å². The second-order valence-electron chi connectivity index (χ2n) is 6.52. The highest BCUT2D eigenvalue weighted by Crippen LogP contribution is 2.25. The van der Waals surface area contributed by atoms with Crippen molar-refractivity contribution in [1.82, 2.24) is 30.2 Å². The van der Waals surface area contributed by atoms with Crippen LogP contribution in [0.25, 0.3) is 11.3 Å². The van der Waals surface area contributed by atoms with Crippen LogP contribution in [-0.4, -0.2) is 56.0 Å². The lowest BCUT2D eigenvalue weighted by Crippen LogP contribution is -2.55. The molecule has 124 valence electrons. The van der Waals surface area contributed by atoms with Crippen molar-refractivity contribution in [2.75, 3.05) is 13.1 Å². The molecular weight excluding hydrogens is 292 g/mol. The first-order valence-electron chi connectivity index (χ1n) is 7.98. The number of nitrogens with one attached hydrogen (secondary N) is 2. The van der Waals surface area contributed by atoms with Gasteiger partial charge in [-0.3, -0.25) is 14.6 Å². The molecule has 2 atom stereocenters. The van der Waals surface area contributed by atoms with E-state index in [2.05, 4.69) is 34.5 Å². The summed E-state index contributed by atoms with van der Waals surface area (Å²) in [6, 6.07) is 2.43. The van der Waals surface area contributed by atoms with Gasteiger partial charge in [0.25, 0.3) is 5.91 Å². The Hall–Kier alpha value is -2.15. The van der Waals surface area contributed by atoms with Gasteiger partial charge >= 0.3 is 0 Å². The van der Waals surface area contributed by atoms with Gasteiger partial charge in [-0.2, -0.15) is 10.2 Å². The maximum atomic E-state index is 12.7. The zero-order valence-corrected chi connectivity index (χ0v) is 14.3. The normalized spacial score (nSPS) is 21.7. The Labute approximate surface area is 136 Å². The fourth-order valence-electron chi connectivity index (χ4n) is 3.37. The average Bonchev–Trinajstić information content (AvgIpc) is 3.03. The summed E-state index contributed by atoms with van der Waals surface area (Å²) in [7, 11) is 1.91. The average molecular weight is 316 g/mol. The number of hydrogen-bond acceptors (Lipinski definition) is 4. The van der Waals surface area contributed by atoms with Crippen LogP contribution in [0.3, 0.4) is 0 Å². The summed E-state index contributed by atoms with van der Waals surface area (Å²) in [4.78, 5) is 14.6. The van der Waals surface area contributed by atoms with Crippen molar-refractivity contribution >= 4 is 5.91 Å². The van der Waals surface area contributed by atoms with E-state index >= 15 is 0 Å². The number of piperazine rings is 1. The van der Waals surface area contributed by atoms with Gasteiger partial charge in [-0.25, -0.2) is 0 Å². The summed E-state index contributed by atoms with van der Waals surface area (Å²) in [6.45, 7) is 9.57. The molecule has 0 bridgehead atoms. The van der Waals surface area contributed by atoms with Gasteiger partial charge in [0.05, 0.1) is 11.4 Å². The predicted octanol–water partition coefficient (Wildman–Crippen LogP) is 1.25. The lowest BCUT2D eigenvalue weighted by atomic mass is 10.1. The zero-order chi connectivity index (χ0) is 16.7. The smallest absolute Gasteiger partial charge is 0.271 e. The van der Waals surface area contributed by atoms with E-state index in [4.69, 9.17) is 0 Å². The molecule has 0 saturated carbocycles. The van der Waals surface area contributed by atoms with Crippen LogP contribution in [0.15, 0.2) is 6.07 Å².